The van der Waals surface area contributed by atoms with E-state index in [1.54, 1.807) is 0 Å². The normalized spacial score (nSPS) is 26.1. The van der Waals surface area contributed by atoms with Crippen LogP contribution in [-0.4, -0.2) is 48.3 Å². The fourth-order valence-electron chi connectivity index (χ4n) is 1.75. The molecule has 1 saturated heterocycles. The first kappa shape index (κ1) is 9.93. The molecule has 1 amide bonds. The van der Waals surface area contributed by atoms with E-state index in [1.165, 1.54) is 0 Å². The first-order valence-electron chi connectivity index (χ1n) is 5.32. The van der Waals surface area contributed by atoms with Crippen LogP contribution >= 0.6 is 0 Å². The largest absolute Gasteiger partial charge is 0.394 e. The van der Waals surface area contributed by atoms with Crippen molar-refractivity contribution in [2.75, 3.05) is 26.4 Å². The zero-order chi connectivity index (χ0) is 9.97. The van der Waals surface area contributed by atoms with Crippen molar-refractivity contribution in [3.63, 3.8) is 0 Å². The molecule has 2 aliphatic rings. The summed E-state index contributed by atoms with van der Waals surface area (Å²) in [4.78, 5) is 13.6. The molecule has 1 N–H and O–H groups in total. The van der Waals surface area contributed by atoms with Gasteiger partial charge in [-0.05, 0) is 19.3 Å². The first-order valence-corrected chi connectivity index (χ1v) is 5.32. The average molecular weight is 199 g/mol. The van der Waals surface area contributed by atoms with Gasteiger partial charge >= 0.3 is 0 Å². The zero-order valence-electron chi connectivity index (χ0n) is 8.32. The van der Waals surface area contributed by atoms with Crippen molar-refractivity contribution in [1.82, 2.24) is 4.90 Å². The molecule has 0 radical (unpaired) electrons. The van der Waals surface area contributed by atoms with Gasteiger partial charge in [0.05, 0.1) is 25.9 Å². The van der Waals surface area contributed by atoms with Gasteiger partial charge in [-0.1, -0.05) is 0 Å². The van der Waals surface area contributed by atoms with Crippen molar-refractivity contribution >= 4 is 5.91 Å². The quantitative estimate of drug-likeness (QED) is 0.634. The third-order valence-electron chi connectivity index (χ3n) is 2.90. The fourth-order valence-corrected chi connectivity index (χ4v) is 1.75. The molecule has 14 heavy (non-hydrogen) atoms. The number of amides is 1. The van der Waals surface area contributed by atoms with Crippen molar-refractivity contribution in [2.24, 2.45) is 5.92 Å². The lowest BCUT2D eigenvalue weighted by atomic mass is 10.0. The maximum Gasteiger partial charge on any atom is 0.226 e. The number of nitrogens with zero attached hydrogens (tertiary/aromatic N) is 1. The number of aliphatic hydroxyl groups excluding tert-OH is 1. The van der Waals surface area contributed by atoms with E-state index in [2.05, 4.69) is 0 Å². The Hall–Kier alpha value is -0.610. The van der Waals surface area contributed by atoms with Crippen molar-refractivity contribution in [2.45, 2.75) is 25.3 Å². The Balaban J connectivity index is 1.69. The molecular weight excluding hydrogens is 182 g/mol. The Morgan fingerprint density at radius 2 is 2.21 bits per heavy atom. The predicted molar refractivity (Wildman–Crippen MR) is 50.7 cm³/mol. The summed E-state index contributed by atoms with van der Waals surface area (Å²) in [6.45, 7) is 1.91. The molecule has 4 heteroatoms. The van der Waals surface area contributed by atoms with E-state index >= 15 is 0 Å². The maximum absolute atomic E-state index is 11.7. The van der Waals surface area contributed by atoms with Crippen LogP contribution in [0, 0.1) is 5.92 Å². The lowest BCUT2D eigenvalue weighted by Crippen LogP contribution is -2.54. The monoisotopic (exact) mass is 199 g/mol. The van der Waals surface area contributed by atoms with Crippen LogP contribution in [0.25, 0.3) is 0 Å². The molecular formula is C10H17NO3. The van der Waals surface area contributed by atoms with Gasteiger partial charge in [-0.15, -0.1) is 0 Å². The lowest BCUT2D eigenvalue weighted by Gasteiger charge is -2.41. The SMILES string of the molecule is O=C(C1CC1)N1CCC1COCCO. The summed E-state index contributed by atoms with van der Waals surface area (Å²) >= 11 is 0. The number of carbonyl (C=O) groups excluding carboxylic acids is 1. The summed E-state index contributed by atoms with van der Waals surface area (Å²) in [6, 6.07) is 0.273. The van der Waals surface area contributed by atoms with Crippen LogP contribution in [0.2, 0.25) is 0 Å². The Morgan fingerprint density at radius 3 is 2.71 bits per heavy atom. The first-order chi connectivity index (χ1) is 6.83. The van der Waals surface area contributed by atoms with Crippen molar-refractivity contribution in [3.05, 3.63) is 0 Å². The Kier molecular flexibility index (Phi) is 3.03. The minimum atomic E-state index is 0.0588. The molecule has 0 aromatic rings. The van der Waals surface area contributed by atoms with E-state index in [4.69, 9.17) is 9.84 Å². The minimum absolute atomic E-state index is 0.0588. The van der Waals surface area contributed by atoms with Gasteiger partial charge in [-0.3, -0.25) is 4.79 Å². The van der Waals surface area contributed by atoms with Crippen LogP contribution in [0.3, 0.4) is 0 Å². The van der Waals surface area contributed by atoms with Crippen molar-refractivity contribution in [1.29, 1.82) is 0 Å². The lowest BCUT2D eigenvalue weighted by molar-refractivity contribution is -0.142. The third kappa shape index (κ3) is 2.07. The number of ether oxygens (including phenoxy) is 1. The Morgan fingerprint density at radius 1 is 1.43 bits per heavy atom. The summed E-state index contributed by atoms with van der Waals surface area (Å²) in [5, 5.41) is 8.54. The van der Waals surface area contributed by atoms with Gasteiger partial charge in [-0.25, -0.2) is 0 Å². The molecule has 1 unspecified atom stereocenters. The minimum Gasteiger partial charge on any atom is -0.394 e. The second-order valence-electron chi connectivity index (χ2n) is 4.05. The molecule has 80 valence electrons. The van der Waals surface area contributed by atoms with Crippen LogP contribution in [-0.2, 0) is 9.53 Å². The molecule has 1 heterocycles. The molecule has 2 fully saturated rings. The number of rotatable bonds is 5. The molecule has 2 rings (SSSR count). The highest BCUT2D eigenvalue weighted by atomic mass is 16.5. The number of aliphatic hydroxyl groups is 1. The average Bonchev–Trinajstić information content (AvgIpc) is 2.93. The van der Waals surface area contributed by atoms with Gasteiger partial charge in [0.2, 0.25) is 5.91 Å². The molecule has 0 aromatic carbocycles. The van der Waals surface area contributed by atoms with E-state index in [0.29, 0.717) is 25.0 Å². The van der Waals surface area contributed by atoms with Gasteiger partial charge in [-0.2, -0.15) is 0 Å². The molecule has 1 saturated carbocycles. The standard InChI is InChI=1S/C10H17NO3/c12-5-6-14-7-9-3-4-11(9)10(13)8-1-2-8/h8-9,12H,1-7H2. The topological polar surface area (TPSA) is 49.8 Å². The summed E-state index contributed by atoms with van der Waals surface area (Å²) in [6.07, 6.45) is 3.18. The van der Waals surface area contributed by atoms with Crippen molar-refractivity contribution < 1.29 is 14.6 Å². The van der Waals surface area contributed by atoms with Gasteiger partial charge in [0.15, 0.2) is 0 Å². The van der Waals surface area contributed by atoms with E-state index in [0.717, 1.165) is 25.8 Å². The summed E-state index contributed by atoms with van der Waals surface area (Å²) in [7, 11) is 0. The van der Waals surface area contributed by atoms with Crippen LogP contribution in [0.5, 0.6) is 0 Å². The van der Waals surface area contributed by atoms with Crippen LogP contribution < -0.4 is 0 Å². The van der Waals surface area contributed by atoms with Crippen LogP contribution in [0.15, 0.2) is 0 Å². The molecule has 1 aliphatic carbocycles. The highest BCUT2D eigenvalue weighted by molar-refractivity contribution is 5.82. The van der Waals surface area contributed by atoms with Gasteiger partial charge in [0.25, 0.3) is 0 Å². The molecule has 1 aliphatic heterocycles. The number of hydrogen-bond donors (Lipinski definition) is 1. The maximum atomic E-state index is 11.7. The highest BCUT2D eigenvalue weighted by Crippen LogP contribution is 2.34. The Labute approximate surface area is 83.8 Å². The number of hydrogen-bond acceptors (Lipinski definition) is 3. The second kappa shape index (κ2) is 4.28. The summed E-state index contributed by atoms with van der Waals surface area (Å²) in [5.74, 6) is 0.629. The molecule has 0 spiro atoms. The number of carbonyl (C=O) groups is 1. The van der Waals surface area contributed by atoms with E-state index in [-0.39, 0.29) is 12.6 Å². The van der Waals surface area contributed by atoms with E-state index < -0.39 is 0 Å². The van der Waals surface area contributed by atoms with E-state index in [9.17, 15) is 4.79 Å². The predicted octanol–water partition coefficient (Wildman–Crippen LogP) is 0.00620. The molecule has 0 bridgehead atoms. The number of likely N-dealkylation sites (tertiary alicyclic amines) is 1. The van der Waals surface area contributed by atoms with Gasteiger partial charge in [0, 0.05) is 12.5 Å². The summed E-state index contributed by atoms with van der Waals surface area (Å²) in [5.41, 5.74) is 0. The third-order valence-corrected chi connectivity index (χ3v) is 2.90. The van der Waals surface area contributed by atoms with Crippen LogP contribution in [0.4, 0.5) is 0 Å². The fraction of sp³-hybridized carbons (Fsp3) is 0.900. The van der Waals surface area contributed by atoms with E-state index in [1.807, 2.05) is 4.90 Å². The summed E-state index contributed by atoms with van der Waals surface area (Å²) < 4.78 is 5.22. The smallest absolute Gasteiger partial charge is 0.226 e. The zero-order valence-corrected chi connectivity index (χ0v) is 8.32. The molecule has 1 atom stereocenters. The van der Waals surface area contributed by atoms with Crippen molar-refractivity contribution in [3.8, 4) is 0 Å². The van der Waals surface area contributed by atoms with Gasteiger partial charge in [0.1, 0.15) is 0 Å². The highest BCUT2D eigenvalue weighted by Gasteiger charge is 2.40. The molecule has 4 nitrogen and oxygen atoms in total. The molecule has 0 aromatic heterocycles. The Bertz CT molecular complexity index is 215. The second-order valence-corrected chi connectivity index (χ2v) is 4.05. The van der Waals surface area contributed by atoms with Gasteiger partial charge < -0.3 is 14.7 Å². The van der Waals surface area contributed by atoms with Crippen LogP contribution in [0.1, 0.15) is 19.3 Å².